The lowest BCUT2D eigenvalue weighted by Gasteiger charge is -2.18. The van der Waals surface area contributed by atoms with E-state index in [1.54, 1.807) is 12.1 Å². The van der Waals surface area contributed by atoms with Crippen LogP contribution in [0.15, 0.2) is 49.8 Å². The lowest BCUT2D eigenvalue weighted by atomic mass is 9.98. The summed E-state index contributed by atoms with van der Waals surface area (Å²) < 4.78 is 40.6. The van der Waals surface area contributed by atoms with Crippen molar-refractivity contribution < 1.29 is 13.2 Å². The van der Waals surface area contributed by atoms with Crippen LogP contribution in [0.2, 0.25) is 0 Å². The molecule has 1 atom stereocenters. The molecule has 0 bridgehead atoms. The van der Waals surface area contributed by atoms with Crippen molar-refractivity contribution in [3.05, 3.63) is 66.5 Å². The van der Waals surface area contributed by atoms with Crippen molar-refractivity contribution in [3.8, 4) is 0 Å². The number of alkyl halides is 3. The normalized spacial score (nSPS) is 13.3. The zero-order valence-corrected chi connectivity index (χ0v) is 15.1. The molecule has 2 N–H and O–H groups in total. The van der Waals surface area contributed by atoms with Crippen LogP contribution in [0.4, 0.5) is 13.2 Å². The molecule has 0 fully saturated rings. The number of rotatable bonds is 2. The van der Waals surface area contributed by atoms with Gasteiger partial charge in [-0.1, -0.05) is 47.8 Å². The van der Waals surface area contributed by atoms with Crippen molar-refractivity contribution in [2.24, 2.45) is 5.73 Å². The van der Waals surface area contributed by atoms with Crippen LogP contribution in [0, 0.1) is 0 Å². The third-order valence-electron chi connectivity index (χ3n) is 2.95. The summed E-state index contributed by atoms with van der Waals surface area (Å²) in [5.41, 5.74) is 6.51. The Morgan fingerprint density at radius 1 is 0.857 bits per heavy atom. The highest BCUT2D eigenvalue weighted by molar-refractivity contribution is 9.11. The maximum atomic E-state index is 12.8. The van der Waals surface area contributed by atoms with Gasteiger partial charge >= 0.3 is 6.18 Å². The Kier molecular flexibility index (Phi) is 5.18. The van der Waals surface area contributed by atoms with E-state index < -0.39 is 17.8 Å². The van der Waals surface area contributed by atoms with E-state index in [4.69, 9.17) is 5.73 Å². The Labute approximate surface area is 145 Å². The molecular weight excluding hydrogens is 479 g/mol. The highest BCUT2D eigenvalue weighted by Crippen LogP contribution is 2.37. The van der Waals surface area contributed by atoms with Crippen LogP contribution in [-0.4, -0.2) is 0 Å². The molecule has 0 aliphatic carbocycles. The maximum absolute atomic E-state index is 12.8. The van der Waals surface area contributed by atoms with Crippen LogP contribution in [0.3, 0.4) is 0 Å². The van der Waals surface area contributed by atoms with Gasteiger partial charge in [0.1, 0.15) is 0 Å². The van der Waals surface area contributed by atoms with Gasteiger partial charge < -0.3 is 5.73 Å². The smallest absolute Gasteiger partial charge is 0.320 e. The average Bonchev–Trinajstić information content (AvgIpc) is 2.40. The summed E-state index contributed by atoms with van der Waals surface area (Å²) in [5, 5.41) is 0. The zero-order chi connectivity index (χ0) is 15.8. The van der Waals surface area contributed by atoms with Gasteiger partial charge in [-0.25, -0.2) is 0 Å². The molecule has 112 valence electrons. The van der Waals surface area contributed by atoms with Gasteiger partial charge in [-0.2, -0.15) is 13.2 Å². The van der Waals surface area contributed by atoms with Crippen molar-refractivity contribution in [3.63, 3.8) is 0 Å². The Morgan fingerprint density at radius 2 is 1.38 bits per heavy atom. The minimum Gasteiger partial charge on any atom is -0.320 e. The van der Waals surface area contributed by atoms with Gasteiger partial charge in [0.15, 0.2) is 0 Å². The second kappa shape index (κ2) is 6.40. The van der Waals surface area contributed by atoms with Crippen LogP contribution in [0.25, 0.3) is 0 Å². The number of halogens is 6. The highest BCUT2D eigenvalue weighted by Gasteiger charge is 2.31. The van der Waals surface area contributed by atoms with Crippen LogP contribution in [-0.2, 0) is 6.18 Å². The minimum absolute atomic E-state index is 0.378. The lowest BCUT2D eigenvalue weighted by Crippen LogP contribution is -2.15. The molecule has 2 rings (SSSR count). The molecule has 0 heterocycles. The third kappa shape index (κ3) is 3.88. The Morgan fingerprint density at radius 3 is 1.95 bits per heavy atom. The molecule has 0 amide bonds. The van der Waals surface area contributed by atoms with Crippen LogP contribution in [0.1, 0.15) is 22.7 Å². The third-order valence-corrected chi connectivity index (χ3v) is 4.89. The first-order chi connectivity index (χ1) is 9.70. The fourth-order valence-electron chi connectivity index (χ4n) is 1.88. The first-order valence-electron chi connectivity index (χ1n) is 5.77. The van der Waals surface area contributed by atoms with E-state index in [1.807, 2.05) is 6.07 Å². The molecule has 2 aromatic carbocycles. The van der Waals surface area contributed by atoms with E-state index in [2.05, 4.69) is 47.8 Å². The van der Waals surface area contributed by atoms with Crippen molar-refractivity contribution in [1.82, 2.24) is 0 Å². The Bertz CT molecular complexity index is 671. The largest absolute Gasteiger partial charge is 0.416 e. The molecule has 0 spiro atoms. The van der Waals surface area contributed by atoms with Crippen LogP contribution >= 0.6 is 47.8 Å². The number of benzene rings is 2. The summed E-state index contributed by atoms with van der Waals surface area (Å²) in [4.78, 5) is 0. The van der Waals surface area contributed by atoms with Crippen molar-refractivity contribution >= 4 is 47.8 Å². The van der Waals surface area contributed by atoms with Crippen LogP contribution < -0.4 is 5.73 Å². The lowest BCUT2D eigenvalue weighted by molar-refractivity contribution is -0.137. The molecule has 0 radical (unpaired) electrons. The summed E-state index contributed by atoms with van der Waals surface area (Å²) in [5.74, 6) is 0. The molecule has 1 nitrogen and oxygen atoms in total. The standard InChI is InChI=1S/C14H9Br3F3N/c15-8-2-4-12(17)10(6-8)13(21)9-5-7(14(18,19)20)1-3-11(9)16/h1-6,13H,21H2. The van der Waals surface area contributed by atoms with Crippen LogP contribution in [0.5, 0.6) is 0 Å². The van der Waals surface area contributed by atoms with Crippen molar-refractivity contribution in [2.45, 2.75) is 12.2 Å². The SMILES string of the molecule is NC(c1cc(Br)ccc1Br)c1cc(C(F)(F)F)ccc1Br. The van der Waals surface area contributed by atoms with Gasteiger partial charge in [0.25, 0.3) is 0 Å². The molecule has 0 saturated heterocycles. The highest BCUT2D eigenvalue weighted by atomic mass is 79.9. The average molecular weight is 488 g/mol. The molecule has 0 aliphatic heterocycles. The quantitative estimate of drug-likeness (QED) is 0.549. The molecule has 1 unspecified atom stereocenters. The fourth-order valence-corrected chi connectivity index (χ4v) is 3.24. The van der Waals surface area contributed by atoms with E-state index in [-0.39, 0.29) is 0 Å². The van der Waals surface area contributed by atoms with Gasteiger partial charge in [0.05, 0.1) is 11.6 Å². The van der Waals surface area contributed by atoms with E-state index in [0.717, 1.165) is 21.1 Å². The molecular formula is C14H9Br3F3N. The zero-order valence-electron chi connectivity index (χ0n) is 10.4. The fraction of sp³-hybridized carbons (Fsp3) is 0.143. The summed E-state index contributed by atoms with van der Waals surface area (Å²) in [6.45, 7) is 0. The first-order valence-corrected chi connectivity index (χ1v) is 8.15. The Balaban J connectivity index is 2.52. The second-order valence-corrected chi connectivity index (χ2v) is 7.00. The summed E-state index contributed by atoms with van der Waals surface area (Å²) in [6.07, 6.45) is -4.40. The molecule has 0 saturated carbocycles. The molecule has 0 aromatic heterocycles. The van der Waals surface area contributed by atoms with Gasteiger partial charge in [0, 0.05) is 13.4 Å². The van der Waals surface area contributed by atoms with E-state index in [0.29, 0.717) is 15.6 Å². The first kappa shape index (κ1) is 17.0. The summed E-state index contributed by atoms with van der Waals surface area (Å²) >= 11 is 9.97. The number of nitrogens with two attached hydrogens (primary N) is 1. The van der Waals surface area contributed by atoms with E-state index in [9.17, 15) is 13.2 Å². The predicted molar refractivity (Wildman–Crippen MR) is 87.0 cm³/mol. The molecule has 2 aromatic rings. The topological polar surface area (TPSA) is 26.0 Å². The van der Waals surface area contributed by atoms with Gasteiger partial charge in [0.2, 0.25) is 0 Å². The van der Waals surface area contributed by atoms with E-state index in [1.165, 1.54) is 6.07 Å². The van der Waals surface area contributed by atoms with Crippen molar-refractivity contribution in [1.29, 1.82) is 0 Å². The molecule has 7 heteroatoms. The van der Waals surface area contributed by atoms with Crippen molar-refractivity contribution in [2.75, 3.05) is 0 Å². The summed E-state index contributed by atoms with van der Waals surface area (Å²) in [6, 6.07) is 8.17. The maximum Gasteiger partial charge on any atom is 0.416 e. The molecule has 21 heavy (non-hydrogen) atoms. The second-order valence-electron chi connectivity index (χ2n) is 4.38. The minimum atomic E-state index is -4.40. The van der Waals surface area contributed by atoms with Gasteiger partial charge in [-0.05, 0) is 47.5 Å². The summed E-state index contributed by atoms with van der Waals surface area (Å²) in [7, 11) is 0. The molecule has 0 aliphatic rings. The van der Waals surface area contributed by atoms with E-state index >= 15 is 0 Å². The van der Waals surface area contributed by atoms with Gasteiger partial charge in [-0.15, -0.1) is 0 Å². The monoisotopic (exact) mass is 485 g/mol. The van der Waals surface area contributed by atoms with Gasteiger partial charge in [-0.3, -0.25) is 0 Å². The number of hydrogen-bond acceptors (Lipinski definition) is 1. The predicted octanol–water partition coefficient (Wildman–Crippen LogP) is 6.04. The number of hydrogen-bond donors (Lipinski definition) is 1. The Hall–Kier alpha value is -0.370.